The minimum atomic E-state index is -0.610. The summed E-state index contributed by atoms with van der Waals surface area (Å²) in [4.78, 5) is 25.4. The molecule has 1 aliphatic heterocycles. The van der Waals surface area contributed by atoms with Crippen LogP contribution in [0.4, 0.5) is 27.5 Å². The third kappa shape index (κ3) is 4.55. The number of halogens is 1. The Balaban J connectivity index is 1.57. The molecule has 1 N–H and O–H groups in total. The number of rotatable bonds is 6. The lowest BCUT2D eigenvalue weighted by Crippen LogP contribution is -2.36. The normalized spacial score (nSPS) is 14.1. The Morgan fingerprint density at radius 1 is 1.15 bits per heavy atom. The van der Waals surface area contributed by atoms with Crippen molar-refractivity contribution in [2.45, 2.75) is 0 Å². The minimum Gasteiger partial charge on any atom is -0.401 e. The predicted octanol–water partition coefficient (Wildman–Crippen LogP) is 4.42. The highest BCUT2D eigenvalue weighted by atomic mass is 19.1. The fourth-order valence-electron chi connectivity index (χ4n) is 3.63. The van der Waals surface area contributed by atoms with Crippen LogP contribution in [0, 0.1) is 15.9 Å². The van der Waals surface area contributed by atoms with Crippen LogP contribution in [-0.4, -0.2) is 46.2 Å². The topological polar surface area (TPSA) is 119 Å². The molecule has 11 heteroatoms. The Kier molecular flexibility index (Phi) is 5.83. The van der Waals surface area contributed by atoms with Gasteiger partial charge in [0.05, 0.1) is 42.4 Å². The highest BCUT2D eigenvalue weighted by Gasteiger charge is 2.18. The average molecular weight is 462 g/mol. The predicted molar refractivity (Wildman–Crippen MR) is 124 cm³/mol. The summed E-state index contributed by atoms with van der Waals surface area (Å²) in [7, 11) is 0. The lowest BCUT2D eigenvalue weighted by molar-refractivity contribution is -0.402. The standard InChI is InChI=1S/C23H19FN6O4/c24-18-12-17-19(13-20(18)29-8-10-33-11-9-29)27-21(5-3-16-4-6-22(34-16)30(31)32)28-23(17)26-15-2-1-7-25-14-15/h1-7,12-14H,8-11H2,(H,26,27,28)/b5-3+. The van der Waals surface area contributed by atoms with Gasteiger partial charge in [0.2, 0.25) is 0 Å². The summed E-state index contributed by atoms with van der Waals surface area (Å²) < 4.78 is 25.6. The van der Waals surface area contributed by atoms with Gasteiger partial charge in [-0.3, -0.25) is 15.1 Å². The first-order valence-electron chi connectivity index (χ1n) is 10.5. The van der Waals surface area contributed by atoms with E-state index in [2.05, 4.69) is 20.3 Å². The van der Waals surface area contributed by atoms with Gasteiger partial charge in [0.1, 0.15) is 22.3 Å². The zero-order valence-corrected chi connectivity index (χ0v) is 17.8. The zero-order chi connectivity index (χ0) is 23.5. The summed E-state index contributed by atoms with van der Waals surface area (Å²) in [5.74, 6) is 0.264. The van der Waals surface area contributed by atoms with Crippen molar-refractivity contribution in [2.24, 2.45) is 0 Å². The lowest BCUT2D eigenvalue weighted by atomic mass is 10.1. The van der Waals surface area contributed by atoms with E-state index in [0.29, 0.717) is 60.2 Å². The first kappa shape index (κ1) is 21.5. The van der Waals surface area contributed by atoms with Crippen LogP contribution in [0.25, 0.3) is 23.1 Å². The molecule has 0 bridgehead atoms. The number of hydrogen-bond donors (Lipinski definition) is 1. The summed E-state index contributed by atoms with van der Waals surface area (Å²) >= 11 is 0. The fraction of sp³-hybridized carbons (Fsp3) is 0.174. The molecule has 1 aliphatic rings. The summed E-state index contributed by atoms with van der Waals surface area (Å²) in [5, 5.41) is 14.5. The summed E-state index contributed by atoms with van der Waals surface area (Å²) in [6, 6.07) is 9.46. The van der Waals surface area contributed by atoms with Gasteiger partial charge in [-0.2, -0.15) is 0 Å². The van der Waals surface area contributed by atoms with Crippen LogP contribution in [0.5, 0.6) is 0 Å². The van der Waals surface area contributed by atoms with Crippen molar-refractivity contribution < 1.29 is 18.5 Å². The quantitative estimate of drug-likeness (QED) is 0.328. The third-order valence-corrected chi connectivity index (χ3v) is 5.25. The number of anilines is 3. The molecule has 172 valence electrons. The molecule has 10 nitrogen and oxygen atoms in total. The van der Waals surface area contributed by atoms with E-state index in [4.69, 9.17) is 9.15 Å². The summed E-state index contributed by atoms with van der Waals surface area (Å²) in [6.07, 6.45) is 6.39. The molecule has 34 heavy (non-hydrogen) atoms. The second kappa shape index (κ2) is 9.24. The SMILES string of the molecule is O=[N+]([O-])c1ccc(/C=C/c2nc(Nc3cccnc3)c3cc(F)c(N4CCOCC4)cc3n2)o1. The van der Waals surface area contributed by atoms with Crippen LogP contribution in [0.1, 0.15) is 11.6 Å². The molecule has 1 saturated heterocycles. The maximum Gasteiger partial charge on any atom is 0.433 e. The van der Waals surface area contributed by atoms with Gasteiger partial charge in [-0.1, -0.05) is 0 Å². The number of ether oxygens (including phenoxy) is 1. The molecule has 0 atom stereocenters. The van der Waals surface area contributed by atoms with Crippen LogP contribution in [0.2, 0.25) is 0 Å². The van der Waals surface area contributed by atoms with Crippen molar-refractivity contribution in [3.63, 3.8) is 0 Å². The van der Waals surface area contributed by atoms with Crippen molar-refractivity contribution in [1.29, 1.82) is 0 Å². The molecule has 0 radical (unpaired) electrons. The van der Waals surface area contributed by atoms with Gasteiger partial charge in [0, 0.05) is 24.7 Å². The summed E-state index contributed by atoms with van der Waals surface area (Å²) in [6.45, 7) is 2.22. The summed E-state index contributed by atoms with van der Waals surface area (Å²) in [5.41, 5.74) is 1.66. The van der Waals surface area contributed by atoms with Crippen LogP contribution in [-0.2, 0) is 4.74 Å². The van der Waals surface area contributed by atoms with Gasteiger partial charge in [-0.05, 0) is 42.5 Å². The van der Waals surface area contributed by atoms with Crippen LogP contribution < -0.4 is 10.2 Å². The Labute approximate surface area is 192 Å². The van der Waals surface area contributed by atoms with Crippen LogP contribution in [0.3, 0.4) is 0 Å². The van der Waals surface area contributed by atoms with E-state index in [1.807, 2.05) is 11.0 Å². The van der Waals surface area contributed by atoms with Gasteiger partial charge in [0.25, 0.3) is 0 Å². The van der Waals surface area contributed by atoms with Gasteiger partial charge >= 0.3 is 5.88 Å². The number of nitrogens with zero attached hydrogens (tertiary/aromatic N) is 5. The number of hydrogen-bond acceptors (Lipinski definition) is 9. The van der Waals surface area contributed by atoms with E-state index in [1.165, 1.54) is 24.3 Å². The largest absolute Gasteiger partial charge is 0.433 e. The molecule has 4 heterocycles. The highest BCUT2D eigenvalue weighted by Crippen LogP contribution is 2.31. The Bertz CT molecular complexity index is 1370. The number of fused-ring (bicyclic) bond motifs is 1. The number of benzene rings is 1. The smallest absolute Gasteiger partial charge is 0.401 e. The number of pyridine rings is 1. The monoisotopic (exact) mass is 462 g/mol. The molecule has 0 aliphatic carbocycles. The average Bonchev–Trinajstić information content (AvgIpc) is 3.34. The van der Waals surface area contributed by atoms with Crippen molar-refractivity contribution in [3.8, 4) is 0 Å². The van der Waals surface area contributed by atoms with Gasteiger partial charge < -0.3 is 19.4 Å². The number of aromatic nitrogens is 3. The van der Waals surface area contributed by atoms with E-state index in [9.17, 15) is 10.1 Å². The number of nitro groups is 1. The van der Waals surface area contributed by atoms with Crippen molar-refractivity contribution in [3.05, 3.63) is 76.3 Å². The number of nitrogens with one attached hydrogen (secondary N) is 1. The van der Waals surface area contributed by atoms with Crippen LogP contribution in [0.15, 0.2) is 53.2 Å². The second-order valence-corrected chi connectivity index (χ2v) is 7.48. The molecule has 3 aromatic heterocycles. The number of morpholine rings is 1. The Morgan fingerprint density at radius 3 is 2.74 bits per heavy atom. The Morgan fingerprint density at radius 2 is 2.00 bits per heavy atom. The van der Waals surface area contributed by atoms with Crippen molar-refractivity contribution in [1.82, 2.24) is 15.0 Å². The van der Waals surface area contributed by atoms with E-state index >= 15 is 4.39 Å². The molecule has 4 aromatic rings. The van der Waals surface area contributed by atoms with Gasteiger partial charge in [-0.25, -0.2) is 14.4 Å². The van der Waals surface area contributed by atoms with E-state index < -0.39 is 4.92 Å². The van der Waals surface area contributed by atoms with E-state index in [-0.39, 0.29) is 17.5 Å². The minimum absolute atomic E-state index is 0.283. The maximum atomic E-state index is 15.1. The molecular formula is C23H19FN6O4. The maximum absolute atomic E-state index is 15.1. The third-order valence-electron chi connectivity index (χ3n) is 5.25. The highest BCUT2D eigenvalue weighted by molar-refractivity contribution is 5.93. The molecule has 0 spiro atoms. The van der Waals surface area contributed by atoms with Crippen molar-refractivity contribution in [2.75, 3.05) is 36.5 Å². The van der Waals surface area contributed by atoms with E-state index in [1.54, 1.807) is 30.6 Å². The molecular weight excluding hydrogens is 443 g/mol. The Hall–Kier alpha value is -4.38. The molecule has 5 rings (SSSR count). The first-order chi connectivity index (χ1) is 16.6. The van der Waals surface area contributed by atoms with Gasteiger partial charge in [0.15, 0.2) is 5.82 Å². The molecule has 0 amide bonds. The number of furan rings is 1. The fourth-order valence-corrected chi connectivity index (χ4v) is 3.63. The zero-order valence-electron chi connectivity index (χ0n) is 17.8. The molecule has 0 saturated carbocycles. The second-order valence-electron chi connectivity index (χ2n) is 7.48. The first-order valence-corrected chi connectivity index (χ1v) is 10.5. The molecule has 0 unspecified atom stereocenters. The van der Waals surface area contributed by atoms with Crippen molar-refractivity contribution >= 4 is 46.1 Å². The van der Waals surface area contributed by atoms with Gasteiger partial charge in [-0.15, -0.1) is 0 Å². The molecule has 1 fully saturated rings. The lowest BCUT2D eigenvalue weighted by Gasteiger charge is -2.29. The molecule has 1 aromatic carbocycles. The van der Waals surface area contributed by atoms with Crippen LogP contribution >= 0.6 is 0 Å². The van der Waals surface area contributed by atoms with E-state index in [0.717, 1.165) is 0 Å².